The third-order valence-corrected chi connectivity index (χ3v) is 7.95. The normalized spacial score (nSPS) is 11.3. The van der Waals surface area contributed by atoms with E-state index in [0.717, 1.165) is 46.5 Å². The first-order chi connectivity index (χ1) is 24.6. The average Bonchev–Trinajstić information content (AvgIpc) is 3.39. The Morgan fingerprint density at radius 2 is 1.30 bits per heavy atom. The van der Waals surface area contributed by atoms with Crippen LogP contribution in [0.5, 0.6) is 23.1 Å². The van der Waals surface area contributed by atoms with Gasteiger partial charge in [0.25, 0.3) is 21.5 Å². The summed E-state index contributed by atoms with van der Waals surface area (Å²) < 4.78 is 32.1. The molecule has 0 spiro atoms. The van der Waals surface area contributed by atoms with Gasteiger partial charge < -0.3 is 20.4 Å². The predicted octanol–water partition coefficient (Wildman–Crippen LogP) is 6.47. The molecule has 0 unspecified atom stereocenters. The van der Waals surface area contributed by atoms with Crippen LogP contribution in [0.3, 0.4) is 0 Å². The van der Waals surface area contributed by atoms with Gasteiger partial charge in [0.2, 0.25) is 0 Å². The number of benzene rings is 5. The molecule has 0 saturated carbocycles. The van der Waals surface area contributed by atoms with Gasteiger partial charge >= 0.3 is 17.4 Å². The number of fused-ring (bicyclic) bond motifs is 1. The van der Waals surface area contributed by atoms with Gasteiger partial charge in [-0.05, 0) is 54.8 Å². The second kappa shape index (κ2) is 16.0. The molecule has 19 nitrogen and oxygen atoms in total. The van der Waals surface area contributed by atoms with Crippen molar-refractivity contribution in [1.29, 1.82) is 0 Å². The molecule has 0 atom stereocenters. The van der Waals surface area contributed by atoms with Crippen LogP contribution in [-0.4, -0.2) is 42.8 Å². The Morgan fingerprint density at radius 3 is 1.91 bits per heavy atom. The van der Waals surface area contributed by atoms with Crippen molar-refractivity contribution in [2.24, 2.45) is 20.5 Å². The van der Waals surface area contributed by atoms with E-state index in [0.29, 0.717) is 5.39 Å². The molecule has 0 aliphatic rings. The van der Waals surface area contributed by atoms with Crippen molar-refractivity contribution in [3.05, 3.63) is 123 Å². The summed E-state index contributed by atoms with van der Waals surface area (Å²) in [6.45, 7) is 1.48. The molecule has 6 rings (SSSR count). The van der Waals surface area contributed by atoms with Crippen LogP contribution in [0, 0.1) is 27.2 Å². The van der Waals surface area contributed by atoms with Gasteiger partial charge in [-0.3, -0.25) is 24.8 Å². The predicted molar refractivity (Wildman–Crippen MR) is 179 cm³/mol. The average molecular weight is 779 g/mol. The Morgan fingerprint density at radius 1 is 0.717 bits per heavy atom. The molecule has 0 amide bonds. The van der Waals surface area contributed by atoms with Crippen LogP contribution >= 0.6 is 0 Å². The number of non-ortho nitro benzene ring substituents is 2. The zero-order valence-electron chi connectivity index (χ0n) is 26.7. The van der Waals surface area contributed by atoms with Gasteiger partial charge in [-0.15, -0.1) is 15.3 Å². The molecule has 3 N–H and O–H groups in total. The molecule has 0 bridgehead atoms. The van der Waals surface area contributed by atoms with Crippen LogP contribution in [0.4, 0.5) is 34.1 Å². The maximum atomic E-state index is 12.5. The van der Waals surface area contributed by atoms with Crippen LogP contribution in [0.2, 0.25) is 0 Å². The van der Waals surface area contributed by atoms with E-state index in [9.17, 15) is 49.1 Å². The smallest absolute Gasteiger partial charge is 0.871 e. The number of azo groups is 2. The zero-order valence-corrected chi connectivity index (χ0v) is 28.8. The van der Waals surface area contributed by atoms with E-state index in [2.05, 4.69) is 25.6 Å². The summed E-state index contributed by atoms with van der Waals surface area (Å²) in [5.41, 5.74) is -0.255. The fourth-order valence-corrected chi connectivity index (χ4v) is 4.99. The Hall–Kier alpha value is -6.79. The van der Waals surface area contributed by atoms with Crippen LogP contribution in [0.15, 0.2) is 122 Å². The number of phenols is 2. The summed E-state index contributed by atoms with van der Waals surface area (Å²) in [6.07, 6.45) is 0. The van der Waals surface area contributed by atoms with Crippen LogP contribution in [0.1, 0.15) is 5.69 Å². The molecule has 0 aliphatic heterocycles. The number of nitro benzene ring substituents is 2. The summed E-state index contributed by atoms with van der Waals surface area (Å²) in [7, 11) is -4.38. The first-order valence-corrected chi connectivity index (χ1v) is 15.9. The Labute approximate surface area is 308 Å². The number of aromatic nitrogens is 2. The summed E-state index contributed by atoms with van der Waals surface area (Å²) in [5, 5.41) is 86.3. The van der Waals surface area contributed by atoms with Crippen molar-refractivity contribution >= 4 is 55.0 Å². The van der Waals surface area contributed by atoms with Crippen LogP contribution in [0.25, 0.3) is 16.5 Å². The molecule has 1 radical (unpaired) electrons. The van der Waals surface area contributed by atoms with Crippen molar-refractivity contribution in [2.45, 2.75) is 11.8 Å². The minimum absolute atomic E-state index is 0. The number of aryl methyl sites for hydroxylation is 1. The summed E-state index contributed by atoms with van der Waals surface area (Å²) in [6, 6.07) is 21.8. The molecule has 1 aromatic heterocycles. The summed E-state index contributed by atoms with van der Waals surface area (Å²) >= 11 is 0. The molecule has 21 heteroatoms. The van der Waals surface area contributed by atoms with E-state index in [1.54, 1.807) is 12.1 Å². The third kappa shape index (κ3) is 8.93. The first-order valence-electron chi connectivity index (χ1n) is 14.5. The van der Waals surface area contributed by atoms with Gasteiger partial charge in [0.1, 0.15) is 28.6 Å². The van der Waals surface area contributed by atoms with E-state index in [-0.39, 0.29) is 73.6 Å². The van der Waals surface area contributed by atoms with E-state index in [4.69, 9.17) is 4.55 Å². The van der Waals surface area contributed by atoms with Crippen molar-refractivity contribution in [3.63, 3.8) is 0 Å². The van der Waals surface area contributed by atoms with Gasteiger partial charge in [-0.25, -0.2) is 4.68 Å². The number of rotatable bonds is 8. The Bertz CT molecular complexity index is 2530. The molecule has 0 aliphatic carbocycles. The quantitative estimate of drug-likeness (QED) is 0.0648. The standard InChI is InChI=1S/C16H13N5O7S.C16H11N3O4.Cr/c1-9-15(18-17-13-7-4-11(21(24)25)8-14(13)22)16(23)20(19-9)10-2-5-12(6-3-10)29(26,27)28;20-14-8-5-10-3-1-2-4-12(10)16(14)18-17-13-7-6-11(19(22)23)9-15(13)21;/h2-8,22-23H,1H3,(H,26,27,28);1-9,20-21H;/q;;+3/p-2. The molecule has 53 heavy (non-hydrogen) atoms. The minimum Gasteiger partial charge on any atom is -0.871 e. The van der Waals surface area contributed by atoms with Crippen molar-refractivity contribution < 1.29 is 60.6 Å². The SMILES string of the molecule is Cc1nn(-c2ccc(S(=O)(=O)O)cc2)c([O-])c1N=Nc1ccc([N+](=O)[O-])cc1[O-].O=[N+]([O-])c1ccc(N=Nc2c(O)ccc3ccccc23)c(O)c1.[Cr+3]. The van der Waals surface area contributed by atoms with E-state index in [1.165, 1.54) is 37.3 Å². The third-order valence-electron chi connectivity index (χ3n) is 7.09. The molecule has 1 heterocycles. The van der Waals surface area contributed by atoms with Crippen LogP contribution in [-0.2, 0) is 27.5 Å². The van der Waals surface area contributed by atoms with E-state index in [1.807, 2.05) is 18.2 Å². The second-order valence-electron chi connectivity index (χ2n) is 10.5. The van der Waals surface area contributed by atoms with Gasteiger partial charge in [-0.1, -0.05) is 36.1 Å². The topological polar surface area (TPSA) is 294 Å². The van der Waals surface area contributed by atoms with Gasteiger partial charge in [0, 0.05) is 29.5 Å². The number of hydrogen-bond acceptors (Lipinski definition) is 15. The van der Waals surface area contributed by atoms with Gasteiger partial charge in [0.05, 0.1) is 37.9 Å². The first kappa shape index (κ1) is 39.0. The Kier molecular flexibility index (Phi) is 11.8. The second-order valence-corrected chi connectivity index (χ2v) is 11.9. The zero-order chi connectivity index (χ0) is 37.7. The van der Waals surface area contributed by atoms with Gasteiger partial charge in [-0.2, -0.15) is 18.6 Å². The maximum Gasteiger partial charge on any atom is 3.00 e. The Balaban J connectivity index is 0.000000238. The fraction of sp³-hybridized carbons (Fsp3) is 0.0312. The molecule has 0 saturated heterocycles. The number of phenolic OH excluding ortho intramolecular Hbond substituents is 2. The van der Waals surface area contributed by atoms with E-state index < -0.39 is 37.3 Å². The molecular weight excluding hydrogens is 756 g/mol. The fourth-order valence-electron chi connectivity index (χ4n) is 4.51. The molecule has 267 valence electrons. The molecule has 6 aromatic rings. The summed E-state index contributed by atoms with van der Waals surface area (Å²) in [5.74, 6) is -1.82. The maximum absolute atomic E-state index is 12.5. The number of hydrogen-bond donors (Lipinski definition) is 3. The monoisotopic (exact) mass is 778 g/mol. The minimum atomic E-state index is -4.38. The molecule has 0 fully saturated rings. The van der Waals surface area contributed by atoms with Gasteiger partial charge in [0.15, 0.2) is 0 Å². The molecular formula is C32H22CrN8O11S+. The number of nitro groups is 2. The molecule has 5 aromatic carbocycles. The van der Waals surface area contributed by atoms with E-state index >= 15 is 0 Å². The van der Waals surface area contributed by atoms with Crippen molar-refractivity contribution in [1.82, 2.24) is 9.78 Å². The summed E-state index contributed by atoms with van der Waals surface area (Å²) in [4.78, 5) is 19.6. The van der Waals surface area contributed by atoms with Crippen molar-refractivity contribution in [2.75, 3.05) is 0 Å². The number of nitrogens with zero attached hydrogens (tertiary/aromatic N) is 8. The van der Waals surface area contributed by atoms with Crippen molar-refractivity contribution in [3.8, 4) is 28.8 Å². The largest absolute Gasteiger partial charge is 3.00 e. The van der Waals surface area contributed by atoms with Crippen LogP contribution < -0.4 is 10.2 Å². The number of aromatic hydroxyl groups is 2.